The zero-order chi connectivity index (χ0) is 21.8. The molecule has 30 heavy (non-hydrogen) atoms. The molecule has 0 amide bonds. The Bertz CT molecular complexity index is 719. The maximum absolute atomic E-state index is 13.7. The molecule has 2 unspecified atom stereocenters. The number of rotatable bonds is 6. The Balaban J connectivity index is 1.67. The van der Waals surface area contributed by atoms with Gasteiger partial charge in [-0.15, -0.1) is 0 Å². The number of aromatic nitrogens is 2. The van der Waals surface area contributed by atoms with Gasteiger partial charge in [0.05, 0.1) is 13.2 Å². The lowest BCUT2D eigenvalue weighted by Gasteiger charge is -2.32. The van der Waals surface area contributed by atoms with Crippen LogP contribution in [0.25, 0.3) is 0 Å². The third-order valence-electron chi connectivity index (χ3n) is 5.76. The second kappa shape index (κ2) is 9.52. The second-order valence-electron chi connectivity index (χ2n) is 7.74. The van der Waals surface area contributed by atoms with Gasteiger partial charge in [-0.25, -0.2) is 4.98 Å². The summed E-state index contributed by atoms with van der Waals surface area (Å²) in [7, 11) is 1.43. The van der Waals surface area contributed by atoms with Crippen LogP contribution in [0.4, 0.5) is 13.2 Å². The van der Waals surface area contributed by atoms with Gasteiger partial charge in [0.1, 0.15) is 5.82 Å². The minimum absolute atomic E-state index is 0.177. The number of aliphatic imine (C=N–C) groups is 1. The first-order chi connectivity index (χ1) is 14.3. The summed E-state index contributed by atoms with van der Waals surface area (Å²) in [6, 6.07) is 0.387. The highest BCUT2D eigenvalue weighted by Gasteiger charge is 2.57. The van der Waals surface area contributed by atoms with E-state index in [1.807, 2.05) is 6.92 Å². The fourth-order valence-corrected chi connectivity index (χ4v) is 4.07. The predicted octanol–water partition coefficient (Wildman–Crippen LogP) is 0.932. The van der Waals surface area contributed by atoms with Gasteiger partial charge in [-0.05, 0) is 13.3 Å². The molecule has 0 saturated carbocycles. The molecule has 0 spiro atoms. The smallest absolute Gasteiger partial charge is 0.379 e. The van der Waals surface area contributed by atoms with Crippen LogP contribution in [0.15, 0.2) is 17.4 Å². The molecule has 8 nitrogen and oxygen atoms in total. The lowest BCUT2D eigenvalue weighted by Crippen LogP contribution is -2.47. The van der Waals surface area contributed by atoms with Crippen molar-refractivity contribution in [1.29, 1.82) is 0 Å². The molecule has 0 aliphatic carbocycles. The van der Waals surface area contributed by atoms with E-state index in [1.165, 1.54) is 24.0 Å². The van der Waals surface area contributed by atoms with Gasteiger partial charge in [-0.2, -0.15) is 13.2 Å². The van der Waals surface area contributed by atoms with Gasteiger partial charge in [0.25, 0.3) is 0 Å². The largest absolute Gasteiger partial charge is 0.424 e. The summed E-state index contributed by atoms with van der Waals surface area (Å²) < 4.78 is 47.7. The molecule has 3 heterocycles. The number of ether oxygens (including phenoxy) is 1. The van der Waals surface area contributed by atoms with Crippen molar-refractivity contribution in [2.45, 2.75) is 37.6 Å². The van der Waals surface area contributed by atoms with Crippen LogP contribution in [0.1, 0.15) is 25.6 Å². The first-order valence-electron chi connectivity index (χ1n) is 10.4. The van der Waals surface area contributed by atoms with Crippen molar-refractivity contribution < 1.29 is 23.0 Å². The van der Waals surface area contributed by atoms with E-state index < -0.39 is 24.0 Å². The van der Waals surface area contributed by atoms with Crippen LogP contribution < -0.4 is 5.32 Å². The first kappa shape index (κ1) is 22.8. The normalized spacial score (nSPS) is 23.6. The van der Waals surface area contributed by atoms with Gasteiger partial charge < -0.3 is 24.6 Å². The quantitative estimate of drug-likeness (QED) is 0.515. The first-order valence-corrected chi connectivity index (χ1v) is 10.4. The van der Waals surface area contributed by atoms with Crippen LogP contribution in [0.3, 0.4) is 0 Å². The van der Waals surface area contributed by atoms with Crippen LogP contribution in [0.2, 0.25) is 0 Å². The van der Waals surface area contributed by atoms with Crippen LogP contribution in [-0.2, 0) is 17.4 Å². The Morgan fingerprint density at radius 1 is 1.33 bits per heavy atom. The summed E-state index contributed by atoms with van der Waals surface area (Å²) in [6.07, 6.45) is -1.85. The van der Waals surface area contributed by atoms with Crippen LogP contribution >= 0.6 is 0 Å². The molecule has 0 radical (unpaired) electrons. The predicted molar refractivity (Wildman–Crippen MR) is 106 cm³/mol. The van der Waals surface area contributed by atoms with Gasteiger partial charge in [-0.3, -0.25) is 9.89 Å². The molecule has 1 aromatic rings. The number of guanidine groups is 1. The molecule has 1 aromatic heterocycles. The van der Waals surface area contributed by atoms with E-state index in [4.69, 9.17) is 4.74 Å². The van der Waals surface area contributed by atoms with Crippen molar-refractivity contribution in [1.82, 2.24) is 24.7 Å². The van der Waals surface area contributed by atoms with Gasteiger partial charge in [0, 0.05) is 71.2 Å². The minimum Gasteiger partial charge on any atom is -0.379 e. The lowest BCUT2D eigenvalue weighted by atomic mass is 9.98. The number of alkyl halides is 3. The fourth-order valence-electron chi connectivity index (χ4n) is 4.07. The number of nitrogens with one attached hydrogen (secondary N) is 1. The Hall–Kier alpha value is -1.85. The van der Waals surface area contributed by atoms with E-state index in [0.717, 1.165) is 45.8 Å². The average molecular weight is 432 g/mol. The van der Waals surface area contributed by atoms with E-state index in [0.29, 0.717) is 18.5 Å². The van der Waals surface area contributed by atoms with Gasteiger partial charge >= 0.3 is 6.18 Å². The van der Waals surface area contributed by atoms with Crippen LogP contribution in [0, 0.1) is 0 Å². The Morgan fingerprint density at radius 2 is 2.07 bits per heavy atom. The van der Waals surface area contributed by atoms with Crippen molar-refractivity contribution in [2.75, 3.05) is 52.5 Å². The molecule has 2 atom stereocenters. The highest BCUT2D eigenvalue weighted by Crippen LogP contribution is 2.40. The number of hydrogen-bond acceptors (Lipinski definition) is 5. The second-order valence-corrected chi connectivity index (χ2v) is 7.74. The molecule has 3 rings (SSSR count). The molecular formula is C19H31F3N6O2. The van der Waals surface area contributed by atoms with E-state index in [1.54, 1.807) is 0 Å². The topological polar surface area (TPSA) is 78.2 Å². The SMILES string of the molecule is CCNC(=NCCC(O)(c1nccn1C)C(F)(F)F)N1CCC(N2CCOCC2)C1. The number of aliphatic hydroxyl groups is 1. The Kier molecular flexibility index (Phi) is 7.25. The standard InChI is InChI=1S/C19H31F3N6O2/c1-3-23-17(28-8-4-15(14-28)27-10-12-30-13-11-27)25-6-5-18(29,19(20,21)22)16-24-7-9-26(16)2/h7,9,15,29H,3-6,8,10-14H2,1-2H3,(H,23,25). The molecule has 11 heteroatoms. The third kappa shape index (κ3) is 4.89. The zero-order valence-electron chi connectivity index (χ0n) is 17.5. The monoisotopic (exact) mass is 432 g/mol. The van der Waals surface area contributed by atoms with Crippen LogP contribution in [-0.4, -0.2) is 95.1 Å². The lowest BCUT2D eigenvalue weighted by molar-refractivity contribution is -0.272. The number of nitrogens with zero attached hydrogens (tertiary/aromatic N) is 5. The van der Waals surface area contributed by atoms with Gasteiger partial charge in [0.2, 0.25) is 5.60 Å². The Labute approximate surface area is 174 Å². The highest BCUT2D eigenvalue weighted by molar-refractivity contribution is 5.80. The summed E-state index contributed by atoms with van der Waals surface area (Å²) in [5.74, 6) is 0.154. The molecule has 0 bridgehead atoms. The maximum atomic E-state index is 13.7. The minimum atomic E-state index is -4.85. The van der Waals surface area contributed by atoms with Crippen molar-refractivity contribution in [2.24, 2.45) is 12.0 Å². The third-order valence-corrected chi connectivity index (χ3v) is 5.76. The summed E-state index contributed by atoms with van der Waals surface area (Å²) in [5, 5.41) is 13.6. The molecular weight excluding hydrogens is 401 g/mol. The number of aryl methyl sites for hydroxylation is 1. The molecule has 2 aliphatic heterocycles. The van der Waals surface area contributed by atoms with Gasteiger partial charge in [-0.1, -0.05) is 0 Å². The highest BCUT2D eigenvalue weighted by atomic mass is 19.4. The zero-order valence-corrected chi connectivity index (χ0v) is 17.5. The van der Waals surface area contributed by atoms with E-state index in [-0.39, 0.29) is 6.54 Å². The number of imidazole rings is 1. The number of halogens is 3. The fraction of sp³-hybridized carbons (Fsp3) is 0.789. The summed E-state index contributed by atoms with van der Waals surface area (Å²) in [4.78, 5) is 12.6. The molecule has 2 N–H and O–H groups in total. The maximum Gasteiger partial charge on any atom is 0.424 e. The van der Waals surface area contributed by atoms with Crippen LogP contribution in [0.5, 0.6) is 0 Å². The number of morpholine rings is 1. The summed E-state index contributed by atoms with van der Waals surface area (Å²) in [5.41, 5.74) is -3.05. The molecule has 2 aliphatic rings. The molecule has 2 fully saturated rings. The van der Waals surface area contributed by atoms with Crippen molar-refractivity contribution in [3.05, 3.63) is 18.2 Å². The molecule has 2 saturated heterocycles. The number of hydrogen-bond donors (Lipinski definition) is 2. The van der Waals surface area contributed by atoms with Crippen molar-refractivity contribution >= 4 is 5.96 Å². The van der Waals surface area contributed by atoms with Crippen molar-refractivity contribution in [3.8, 4) is 0 Å². The van der Waals surface area contributed by atoms with E-state index in [9.17, 15) is 18.3 Å². The van der Waals surface area contributed by atoms with E-state index >= 15 is 0 Å². The average Bonchev–Trinajstić information content (AvgIpc) is 3.36. The molecule has 0 aromatic carbocycles. The summed E-state index contributed by atoms with van der Waals surface area (Å²) in [6.45, 7) is 7.17. The summed E-state index contributed by atoms with van der Waals surface area (Å²) >= 11 is 0. The molecule has 170 valence electrons. The van der Waals surface area contributed by atoms with Crippen molar-refractivity contribution in [3.63, 3.8) is 0 Å². The number of likely N-dealkylation sites (tertiary alicyclic amines) is 1. The van der Waals surface area contributed by atoms with Gasteiger partial charge in [0.15, 0.2) is 5.96 Å². The van der Waals surface area contributed by atoms with E-state index in [2.05, 4.69) is 25.1 Å². The Morgan fingerprint density at radius 3 is 2.67 bits per heavy atom.